The van der Waals surface area contributed by atoms with Gasteiger partial charge in [-0.2, -0.15) is 0 Å². The Hall–Kier alpha value is -4.14. The van der Waals surface area contributed by atoms with Crippen LogP contribution in [0, 0.1) is 12.8 Å². The molecule has 0 atom stereocenters. The first-order chi connectivity index (χ1) is 17.8. The van der Waals surface area contributed by atoms with Crippen LogP contribution in [0.15, 0.2) is 59.0 Å². The van der Waals surface area contributed by atoms with Crippen LogP contribution in [0.1, 0.15) is 30.9 Å². The molecule has 1 aliphatic heterocycles. The average Bonchev–Trinajstić information content (AvgIpc) is 3.51. The molecule has 0 radical (unpaired) electrons. The second kappa shape index (κ2) is 11.7. The van der Waals surface area contributed by atoms with E-state index in [1.165, 1.54) is 4.90 Å². The maximum Gasteiger partial charge on any atom is 0.322 e. The quantitative estimate of drug-likeness (QED) is 0.413. The standard InChI is InChI=1S/C28H33N3O6/c1-19(2)14-31(28(33)29-23-7-5-6-8-24(23)34-4)17-27(32)30(16-22-11-9-20(3)37-22)15-21-10-12-25-26(13-21)36-18-35-25/h5-13,19H,14-18H2,1-4H3,(H,29,33). The maximum absolute atomic E-state index is 13.6. The molecule has 1 aromatic heterocycles. The zero-order valence-electron chi connectivity index (χ0n) is 21.7. The number of nitrogens with zero attached hydrogens (tertiary/aromatic N) is 2. The number of aryl methyl sites for hydroxylation is 1. The van der Waals surface area contributed by atoms with E-state index in [1.54, 1.807) is 24.1 Å². The van der Waals surface area contributed by atoms with Crippen molar-refractivity contribution in [2.75, 3.05) is 32.3 Å². The first-order valence-electron chi connectivity index (χ1n) is 12.2. The van der Waals surface area contributed by atoms with Gasteiger partial charge in [-0.05, 0) is 54.8 Å². The Morgan fingerprint density at radius 1 is 1.00 bits per heavy atom. The summed E-state index contributed by atoms with van der Waals surface area (Å²) in [5.41, 5.74) is 1.43. The third-order valence-electron chi connectivity index (χ3n) is 5.85. The van der Waals surface area contributed by atoms with E-state index in [0.29, 0.717) is 41.8 Å². The minimum absolute atomic E-state index is 0.0938. The van der Waals surface area contributed by atoms with Crippen LogP contribution in [-0.2, 0) is 17.9 Å². The largest absolute Gasteiger partial charge is 0.495 e. The Balaban J connectivity index is 1.53. The number of benzene rings is 2. The predicted octanol–water partition coefficient (Wildman–Crippen LogP) is 5.04. The highest BCUT2D eigenvalue weighted by Crippen LogP contribution is 2.33. The average molecular weight is 508 g/mol. The molecule has 2 heterocycles. The van der Waals surface area contributed by atoms with Crippen LogP contribution in [0.3, 0.4) is 0 Å². The van der Waals surface area contributed by atoms with Crippen molar-refractivity contribution in [3.8, 4) is 17.2 Å². The normalized spacial score (nSPS) is 11.9. The minimum Gasteiger partial charge on any atom is -0.495 e. The second-order valence-corrected chi connectivity index (χ2v) is 9.35. The van der Waals surface area contributed by atoms with Crippen molar-refractivity contribution in [2.24, 2.45) is 5.92 Å². The van der Waals surface area contributed by atoms with Gasteiger partial charge in [0.15, 0.2) is 11.5 Å². The highest BCUT2D eigenvalue weighted by molar-refractivity contribution is 5.93. The minimum atomic E-state index is -0.372. The number of ether oxygens (including phenoxy) is 3. The number of furan rings is 1. The Labute approximate surface area is 216 Å². The lowest BCUT2D eigenvalue weighted by Gasteiger charge is -2.29. The van der Waals surface area contributed by atoms with E-state index in [1.807, 2.05) is 63.2 Å². The number of carbonyl (C=O) groups is 2. The van der Waals surface area contributed by atoms with Crippen LogP contribution in [0.25, 0.3) is 0 Å². The van der Waals surface area contributed by atoms with Gasteiger partial charge in [0.05, 0.1) is 19.3 Å². The number of hydrogen-bond acceptors (Lipinski definition) is 6. The van der Waals surface area contributed by atoms with Crippen LogP contribution in [-0.4, -0.2) is 48.7 Å². The molecule has 0 aliphatic carbocycles. The van der Waals surface area contributed by atoms with Gasteiger partial charge >= 0.3 is 6.03 Å². The Morgan fingerprint density at radius 2 is 1.78 bits per heavy atom. The molecule has 0 saturated carbocycles. The van der Waals surface area contributed by atoms with Crippen molar-refractivity contribution in [1.29, 1.82) is 0 Å². The molecule has 3 aromatic rings. The number of rotatable bonds is 10. The molecule has 1 aliphatic rings. The molecule has 0 fully saturated rings. The van der Waals surface area contributed by atoms with Gasteiger partial charge in [0.2, 0.25) is 12.7 Å². The summed E-state index contributed by atoms with van der Waals surface area (Å²) in [6.07, 6.45) is 0. The molecular weight excluding hydrogens is 474 g/mol. The summed E-state index contributed by atoms with van der Waals surface area (Å²) in [5.74, 6) is 3.26. The van der Waals surface area contributed by atoms with E-state index in [4.69, 9.17) is 18.6 Å². The molecule has 0 saturated heterocycles. The van der Waals surface area contributed by atoms with Crippen LogP contribution in [0.5, 0.6) is 17.2 Å². The van der Waals surface area contributed by atoms with Gasteiger partial charge in [-0.1, -0.05) is 32.0 Å². The summed E-state index contributed by atoms with van der Waals surface area (Å²) < 4.78 is 22.0. The molecule has 0 unspecified atom stereocenters. The van der Waals surface area contributed by atoms with Gasteiger partial charge in [-0.15, -0.1) is 0 Å². The molecule has 196 valence electrons. The number of urea groups is 1. The molecule has 0 spiro atoms. The lowest BCUT2D eigenvalue weighted by atomic mass is 10.1. The molecule has 4 rings (SSSR count). The number of nitrogens with one attached hydrogen (secondary N) is 1. The fourth-order valence-electron chi connectivity index (χ4n) is 4.12. The topological polar surface area (TPSA) is 93.5 Å². The van der Waals surface area contributed by atoms with Gasteiger partial charge in [-0.3, -0.25) is 4.79 Å². The van der Waals surface area contributed by atoms with Crippen LogP contribution in [0.4, 0.5) is 10.5 Å². The maximum atomic E-state index is 13.6. The summed E-state index contributed by atoms with van der Waals surface area (Å²) in [7, 11) is 1.55. The van der Waals surface area contributed by atoms with Crippen molar-refractivity contribution < 1.29 is 28.2 Å². The number of amides is 3. The third kappa shape index (κ3) is 6.75. The van der Waals surface area contributed by atoms with Crippen molar-refractivity contribution in [3.05, 3.63) is 71.7 Å². The molecule has 37 heavy (non-hydrogen) atoms. The SMILES string of the molecule is COc1ccccc1NC(=O)N(CC(=O)N(Cc1ccc2c(c1)OCO2)Cc1ccc(C)o1)CC(C)C. The van der Waals surface area contributed by atoms with Crippen molar-refractivity contribution >= 4 is 17.6 Å². The number of hydrogen-bond donors (Lipinski definition) is 1. The number of fused-ring (bicyclic) bond motifs is 1. The molecule has 2 aromatic carbocycles. The van der Waals surface area contributed by atoms with E-state index in [2.05, 4.69) is 5.32 Å². The molecule has 1 N–H and O–H groups in total. The number of methoxy groups -OCH3 is 1. The van der Waals surface area contributed by atoms with E-state index in [-0.39, 0.29) is 37.7 Å². The molecule has 9 nitrogen and oxygen atoms in total. The molecule has 9 heteroatoms. The third-order valence-corrected chi connectivity index (χ3v) is 5.85. The summed E-state index contributed by atoms with van der Waals surface area (Å²) in [5, 5.41) is 2.88. The van der Waals surface area contributed by atoms with Crippen molar-refractivity contribution in [2.45, 2.75) is 33.9 Å². The lowest BCUT2D eigenvalue weighted by molar-refractivity contribution is -0.133. The summed E-state index contributed by atoms with van der Waals surface area (Å²) in [6.45, 7) is 6.95. The fraction of sp³-hybridized carbons (Fsp3) is 0.357. The van der Waals surface area contributed by atoms with Crippen LogP contribution >= 0.6 is 0 Å². The van der Waals surface area contributed by atoms with E-state index in [9.17, 15) is 9.59 Å². The smallest absolute Gasteiger partial charge is 0.322 e. The second-order valence-electron chi connectivity index (χ2n) is 9.35. The van der Waals surface area contributed by atoms with Gasteiger partial charge in [0, 0.05) is 13.1 Å². The number of para-hydroxylation sites is 2. The highest BCUT2D eigenvalue weighted by atomic mass is 16.7. The number of anilines is 1. The van der Waals surface area contributed by atoms with Crippen LogP contribution < -0.4 is 19.5 Å². The molecule has 0 bridgehead atoms. The first-order valence-corrected chi connectivity index (χ1v) is 12.2. The molecular formula is C28H33N3O6. The number of carbonyl (C=O) groups excluding carboxylic acids is 2. The van der Waals surface area contributed by atoms with E-state index >= 15 is 0 Å². The van der Waals surface area contributed by atoms with E-state index in [0.717, 1.165) is 11.3 Å². The first kappa shape index (κ1) is 25.9. The zero-order chi connectivity index (χ0) is 26.4. The zero-order valence-corrected chi connectivity index (χ0v) is 21.7. The predicted molar refractivity (Wildman–Crippen MR) is 139 cm³/mol. The fourth-order valence-corrected chi connectivity index (χ4v) is 4.12. The molecule has 3 amide bonds. The highest BCUT2D eigenvalue weighted by Gasteiger charge is 2.25. The Kier molecular flexibility index (Phi) is 8.22. The lowest BCUT2D eigenvalue weighted by Crippen LogP contribution is -2.45. The van der Waals surface area contributed by atoms with Crippen molar-refractivity contribution in [1.82, 2.24) is 9.80 Å². The Morgan fingerprint density at radius 3 is 2.51 bits per heavy atom. The van der Waals surface area contributed by atoms with Gasteiger partial charge in [0.25, 0.3) is 0 Å². The van der Waals surface area contributed by atoms with E-state index < -0.39 is 0 Å². The van der Waals surface area contributed by atoms with Crippen molar-refractivity contribution in [3.63, 3.8) is 0 Å². The summed E-state index contributed by atoms with van der Waals surface area (Å²) >= 11 is 0. The summed E-state index contributed by atoms with van der Waals surface area (Å²) in [4.78, 5) is 30.1. The van der Waals surface area contributed by atoms with Gasteiger partial charge in [-0.25, -0.2) is 4.79 Å². The van der Waals surface area contributed by atoms with Crippen LogP contribution in [0.2, 0.25) is 0 Å². The monoisotopic (exact) mass is 507 g/mol. The van der Waals surface area contributed by atoms with Gasteiger partial charge < -0.3 is 33.7 Å². The Bertz CT molecular complexity index is 1240. The summed E-state index contributed by atoms with van der Waals surface area (Å²) in [6, 6.07) is 16.1. The van der Waals surface area contributed by atoms with Gasteiger partial charge in [0.1, 0.15) is 23.8 Å².